The van der Waals surface area contributed by atoms with Gasteiger partial charge in [-0.15, -0.1) is 0 Å². The first-order chi connectivity index (χ1) is 11.3. The summed E-state index contributed by atoms with van der Waals surface area (Å²) >= 11 is 1.17. The van der Waals surface area contributed by atoms with Crippen molar-refractivity contribution in [2.45, 2.75) is 9.79 Å². The minimum absolute atomic E-state index is 0. The molecular formula is C14H10N3Na2O5PS. The van der Waals surface area contributed by atoms with Gasteiger partial charge < -0.3 is 29.4 Å². The zero-order chi connectivity index (χ0) is 17.3. The zero-order valence-corrected chi connectivity index (χ0v) is 19.6. The number of nitrogens with zero attached hydrogens (tertiary/aromatic N) is 1. The molecule has 0 bridgehead atoms. The minimum atomic E-state index is -4.85. The van der Waals surface area contributed by atoms with Crippen LogP contribution in [0.3, 0.4) is 0 Å². The topological polar surface area (TPSA) is 145 Å². The molecule has 2 aromatic heterocycles. The first-order valence-electron chi connectivity index (χ1n) is 6.61. The van der Waals surface area contributed by atoms with Crippen LogP contribution in [-0.4, -0.2) is 20.1 Å². The first kappa shape index (κ1) is 23.7. The quantitative estimate of drug-likeness (QED) is 0.289. The van der Waals surface area contributed by atoms with E-state index >= 15 is 0 Å². The molecular weight excluding hydrogens is 399 g/mol. The number of H-pyrrole nitrogens is 2. The van der Waals surface area contributed by atoms with Crippen LogP contribution in [0.5, 0.6) is 5.75 Å². The number of rotatable bonds is 4. The Kier molecular flexibility index (Phi) is 8.89. The van der Waals surface area contributed by atoms with E-state index in [0.717, 1.165) is 6.08 Å². The fourth-order valence-corrected chi connectivity index (χ4v) is 3.44. The van der Waals surface area contributed by atoms with Gasteiger partial charge in [0.25, 0.3) is 5.56 Å². The summed E-state index contributed by atoms with van der Waals surface area (Å²) in [5, 5.41) is 9.94. The summed E-state index contributed by atoms with van der Waals surface area (Å²) in [4.78, 5) is 43.8. The number of hydrogen-bond donors (Lipinski definition) is 3. The van der Waals surface area contributed by atoms with Crippen LogP contribution in [-0.2, 0) is 4.57 Å². The molecule has 12 heteroatoms. The third-order valence-corrected chi connectivity index (χ3v) is 4.74. The van der Waals surface area contributed by atoms with Gasteiger partial charge in [-0.1, -0.05) is 23.6 Å². The van der Waals surface area contributed by atoms with Crippen molar-refractivity contribution in [3.63, 3.8) is 0 Å². The van der Waals surface area contributed by atoms with Crippen LogP contribution in [0, 0.1) is 0 Å². The van der Waals surface area contributed by atoms with Gasteiger partial charge >= 0.3 is 59.1 Å². The Morgan fingerprint density at radius 3 is 2.62 bits per heavy atom. The first-order valence-corrected chi connectivity index (χ1v) is 9.03. The van der Waals surface area contributed by atoms with Crippen molar-refractivity contribution in [1.29, 1.82) is 0 Å². The van der Waals surface area contributed by atoms with Crippen molar-refractivity contribution in [1.82, 2.24) is 15.0 Å². The molecule has 2 heterocycles. The van der Waals surface area contributed by atoms with Gasteiger partial charge in [0.2, 0.25) is 0 Å². The molecule has 3 N–H and O–H groups in total. The van der Waals surface area contributed by atoms with Gasteiger partial charge in [-0.05, 0) is 25.8 Å². The standard InChI is InChI=1S/C14H12N3O5PS.2Na/c18-9-2-1-3-10(8(9)4-5-23(20,21)22)24-11-6-15-13-12(11)16-7-17-14(13)19;;/h1-7,15,18H,(H,16,17,19)(H2,20,21,22);;/q;2*+1/p-2/b5-4+;;. The Morgan fingerprint density at radius 2 is 1.92 bits per heavy atom. The maximum atomic E-state index is 11.7. The van der Waals surface area contributed by atoms with E-state index in [1.54, 1.807) is 18.3 Å². The monoisotopic (exact) mass is 409 g/mol. The molecule has 8 nitrogen and oxygen atoms in total. The SMILES string of the molecule is O=c1[nH]cnc2c(Sc3cccc(O)c3/C=C/P(=O)([O-])[O-])c[nH]c12.[Na+].[Na+]. The van der Waals surface area contributed by atoms with Crippen molar-refractivity contribution >= 4 is 36.5 Å². The Balaban J connectivity index is 0.00000169. The van der Waals surface area contributed by atoms with Crippen molar-refractivity contribution < 1.29 is 78.6 Å². The fourth-order valence-electron chi connectivity index (χ4n) is 2.08. The molecule has 0 atom stereocenters. The Hall–Kier alpha value is -0.320. The number of fused-ring (bicyclic) bond motifs is 1. The third kappa shape index (κ3) is 5.59. The van der Waals surface area contributed by atoms with Gasteiger partial charge in [-0.2, -0.15) is 0 Å². The molecule has 0 aliphatic rings. The van der Waals surface area contributed by atoms with E-state index < -0.39 is 7.60 Å². The van der Waals surface area contributed by atoms with Crippen molar-refractivity contribution in [3.8, 4) is 5.75 Å². The van der Waals surface area contributed by atoms with E-state index in [-0.39, 0.29) is 76.0 Å². The van der Waals surface area contributed by atoms with Crippen LogP contribution in [0.25, 0.3) is 17.1 Å². The second-order valence-electron chi connectivity index (χ2n) is 4.75. The molecule has 0 spiro atoms. The Labute approximate surface area is 196 Å². The molecule has 0 radical (unpaired) electrons. The molecule has 3 aromatic rings. The fraction of sp³-hybridized carbons (Fsp3) is 0. The molecule has 0 fully saturated rings. The van der Waals surface area contributed by atoms with E-state index in [9.17, 15) is 24.3 Å². The molecule has 3 rings (SSSR count). The molecule has 0 unspecified atom stereocenters. The summed E-state index contributed by atoms with van der Waals surface area (Å²) in [5.41, 5.74) is 0.622. The summed E-state index contributed by atoms with van der Waals surface area (Å²) in [7, 11) is -4.85. The van der Waals surface area contributed by atoms with Gasteiger partial charge in [0.1, 0.15) is 16.8 Å². The van der Waals surface area contributed by atoms with Gasteiger partial charge in [0.15, 0.2) is 0 Å². The average molecular weight is 409 g/mol. The number of nitrogens with one attached hydrogen (secondary N) is 2. The number of aromatic hydroxyl groups is 1. The zero-order valence-electron chi connectivity index (χ0n) is 13.9. The number of hydrogen-bond acceptors (Lipinski definition) is 7. The van der Waals surface area contributed by atoms with Gasteiger partial charge in [0.05, 0.1) is 11.2 Å². The molecule has 0 aliphatic carbocycles. The van der Waals surface area contributed by atoms with E-state index in [0.29, 0.717) is 26.6 Å². The van der Waals surface area contributed by atoms with Crippen molar-refractivity contribution in [2.24, 2.45) is 0 Å². The predicted molar refractivity (Wildman–Crippen MR) is 85.6 cm³/mol. The molecule has 0 amide bonds. The minimum Gasteiger partial charge on any atom is -0.808 e. The van der Waals surface area contributed by atoms with Crippen LogP contribution < -0.4 is 74.5 Å². The van der Waals surface area contributed by atoms with Gasteiger partial charge in [-0.25, -0.2) is 4.98 Å². The van der Waals surface area contributed by atoms with Crippen molar-refractivity contribution in [3.05, 3.63) is 52.5 Å². The number of benzene rings is 1. The van der Waals surface area contributed by atoms with Crippen LogP contribution in [0.1, 0.15) is 5.56 Å². The summed E-state index contributed by atoms with van der Waals surface area (Å²) in [6.45, 7) is 0. The van der Waals surface area contributed by atoms with Crippen LogP contribution >= 0.6 is 19.4 Å². The second-order valence-corrected chi connectivity index (χ2v) is 7.22. The molecule has 124 valence electrons. The predicted octanol–water partition coefficient (Wildman–Crippen LogP) is -5.00. The number of phenolic OH excluding ortho intramolecular Hbond substituents is 1. The maximum Gasteiger partial charge on any atom is 1.00 e. The van der Waals surface area contributed by atoms with E-state index in [4.69, 9.17) is 0 Å². The normalized spacial score (nSPS) is 11.3. The molecule has 0 saturated carbocycles. The molecule has 0 saturated heterocycles. The van der Waals surface area contributed by atoms with Gasteiger partial charge in [-0.3, -0.25) is 4.79 Å². The number of aromatic amines is 2. The summed E-state index contributed by atoms with van der Waals surface area (Å²) in [6, 6.07) is 4.61. The van der Waals surface area contributed by atoms with Crippen molar-refractivity contribution in [2.75, 3.05) is 0 Å². The Morgan fingerprint density at radius 1 is 1.19 bits per heavy atom. The third-order valence-electron chi connectivity index (χ3n) is 3.12. The summed E-state index contributed by atoms with van der Waals surface area (Å²) in [6.07, 6.45) is 3.91. The summed E-state index contributed by atoms with van der Waals surface area (Å²) in [5.74, 6) is 0.333. The van der Waals surface area contributed by atoms with Crippen LogP contribution in [0.4, 0.5) is 0 Å². The van der Waals surface area contributed by atoms with E-state index in [1.807, 2.05) is 0 Å². The maximum absolute atomic E-state index is 11.7. The molecule has 26 heavy (non-hydrogen) atoms. The van der Waals surface area contributed by atoms with E-state index in [1.165, 1.54) is 24.2 Å². The summed E-state index contributed by atoms with van der Waals surface area (Å²) < 4.78 is 10.8. The van der Waals surface area contributed by atoms with Crippen LogP contribution in [0.2, 0.25) is 0 Å². The van der Waals surface area contributed by atoms with Crippen LogP contribution in [0.15, 0.2) is 51.1 Å². The smallest absolute Gasteiger partial charge is 0.808 e. The molecule has 1 aromatic carbocycles. The molecule has 0 aliphatic heterocycles. The van der Waals surface area contributed by atoms with Gasteiger partial charge in [0, 0.05) is 16.7 Å². The largest absolute Gasteiger partial charge is 1.00 e. The second kappa shape index (κ2) is 9.75. The number of aromatic nitrogens is 3. The number of phenols is 1. The van der Waals surface area contributed by atoms with E-state index in [2.05, 4.69) is 15.0 Å². The Bertz CT molecular complexity index is 1050. The average Bonchev–Trinajstić information content (AvgIpc) is 2.90.